The molecular weight excluding hydrogens is 164 g/mol. The zero-order valence-corrected chi connectivity index (χ0v) is 8.09. The molecule has 0 aromatic carbocycles. The largest absolute Gasteiger partial charge is 0.377 e. The van der Waals surface area contributed by atoms with Crippen molar-refractivity contribution < 1.29 is 4.74 Å². The van der Waals surface area contributed by atoms with E-state index in [0.29, 0.717) is 12.5 Å². The van der Waals surface area contributed by atoms with E-state index in [-0.39, 0.29) is 0 Å². The van der Waals surface area contributed by atoms with E-state index in [1.165, 1.54) is 12.8 Å². The maximum absolute atomic E-state index is 8.30. The number of unbranched alkanes of at least 4 members (excludes halogenated alkanes) is 2. The van der Waals surface area contributed by atoms with Crippen molar-refractivity contribution in [2.75, 3.05) is 19.7 Å². The number of rotatable bonds is 6. The fraction of sp³-hybridized carbons (Fsp3) is 0.900. The van der Waals surface area contributed by atoms with E-state index in [1.54, 1.807) is 0 Å². The summed E-state index contributed by atoms with van der Waals surface area (Å²) in [6.07, 6.45) is 5.64. The third-order valence-electron chi connectivity index (χ3n) is 2.29. The molecule has 1 aliphatic heterocycles. The fourth-order valence-electron chi connectivity index (χ4n) is 1.52. The van der Waals surface area contributed by atoms with Crippen LogP contribution in [0.3, 0.4) is 0 Å². The number of nitrogens with zero attached hydrogens (tertiary/aromatic N) is 1. The van der Waals surface area contributed by atoms with E-state index >= 15 is 0 Å². The molecule has 1 rings (SSSR count). The minimum atomic E-state index is 0.441. The van der Waals surface area contributed by atoms with Crippen LogP contribution in [0.4, 0.5) is 0 Å². The molecule has 1 heterocycles. The van der Waals surface area contributed by atoms with Gasteiger partial charge in [-0.2, -0.15) is 5.26 Å². The SMILES string of the molecule is N#CCCCCNCC1CCCO1. The van der Waals surface area contributed by atoms with Crippen LogP contribution in [0, 0.1) is 11.3 Å². The van der Waals surface area contributed by atoms with Crippen LogP contribution < -0.4 is 5.32 Å². The van der Waals surface area contributed by atoms with Gasteiger partial charge in [-0.25, -0.2) is 0 Å². The Bertz CT molecular complexity index is 159. The predicted octanol–water partition coefficient (Wildman–Crippen LogP) is 1.45. The van der Waals surface area contributed by atoms with Gasteiger partial charge < -0.3 is 10.1 Å². The molecule has 0 aromatic heterocycles. The average Bonchev–Trinajstić information content (AvgIpc) is 2.63. The summed E-state index contributed by atoms with van der Waals surface area (Å²) in [7, 11) is 0. The Hall–Kier alpha value is -0.590. The van der Waals surface area contributed by atoms with Gasteiger partial charge in [-0.15, -0.1) is 0 Å². The van der Waals surface area contributed by atoms with E-state index < -0.39 is 0 Å². The molecule has 1 saturated heterocycles. The van der Waals surface area contributed by atoms with Crippen molar-refractivity contribution in [3.63, 3.8) is 0 Å². The summed E-state index contributed by atoms with van der Waals surface area (Å²) in [6.45, 7) is 2.93. The Morgan fingerprint density at radius 1 is 1.46 bits per heavy atom. The van der Waals surface area contributed by atoms with Gasteiger partial charge >= 0.3 is 0 Å². The molecule has 1 atom stereocenters. The third kappa shape index (κ3) is 4.87. The summed E-state index contributed by atoms with van der Waals surface area (Å²) < 4.78 is 5.47. The Labute approximate surface area is 80.1 Å². The van der Waals surface area contributed by atoms with Crippen LogP contribution in [0.1, 0.15) is 32.1 Å². The van der Waals surface area contributed by atoms with Crippen molar-refractivity contribution in [1.82, 2.24) is 5.32 Å². The second kappa shape index (κ2) is 6.88. The summed E-state index contributed by atoms with van der Waals surface area (Å²) >= 11 is 0. The molecule has 1 N–H and O–H groups in total. The molecule has 1 fully saturated rings. The second-order valence-corrected chi connectivity index (χ2v) is 3.45. The quantitative estimate of drug-likeness (QED) is 0.632. The van der Waals surface area contributed by atoms with E-state index in [0.717, 1.165) is 32.5 Å². The van der Waals surface area contributed by atoms with E-state index in [1.807, 2.05) is 0 Å². The molecule has 0 radical (unpaired) electrons. The van der Waals surface area contributed by atoms with Crippen molar-refractivity contribution in [1.29, 1.82) is 5.26 Å². The first-order valence-corrected chi connectivity index (χ1v) is 5.13. The van der Waals surface area contributed by atoms with Crippen LogP contribution in [0.2, 0.25) is 0 Å². The van der Waals surface area contributed by atoms with Gasteiger partial charge in [0.1, 0.15) is 0 Å². The van der Waals surface area contributed by atoms with Gasteiger partial charge in [0.2, 0.25) is 0 Å². The molecule has 3 nitrogen and oxygen atoms in total. The fourth-order valence-corrected chi connectivity index (χ4v) is 1.52. The topological polar surface area (TPSA) is 45.0 Å². The van der Waals surface area contributed by atoms with Gasteiger partial charge in [0.15, 0.2) is 0 Å². The predicted molar refractivity (Wildman–Crippen MR) is 51.3 cm³/mol. The van der Waals surface area contributed by atoms with Gasteiger partial charge in [-0.05, 0) is 32.2 Å². The molecule has 74 valence electrons. The first-order valence-electron chi connectivity index (χ1n) is 5.13. The minimum Gasteiger partial charge on any atom is -0.377 e. The Morgan fingerprint density at radius 3 is 3.08 bits per heavy atom. The normalized spacial score (nSPS) is 21.6. The monoisotopic (exact) mass is 182 g/mol. The second-order valence-electron chi connectivity index (χ2n) is 3.45. The lowest BCUT2D eigenvalue weighted by atomic mass is 10.2. The first kappa shape index (κ1) is 10.5. The highest BCUT2D eigenvalue weighted by Crippen LogP contribution is 2.10. The minimum absolute atomic E-state index is 0.441. The Balaban J connectivity index is 1.81. The molecular formula is C10H18N2O. The molecule has 3 heteroatoms. The van der Waals surface area contributed by atoms with Crippen LogP contribution in [-0.4, -0.2) is 25.8 Å². The molecule has 0 saturated carbocycles. The van der Waals surface area contributed by atoms with Crippen LogP contribution in [0.5, 0.6) is 0 Å². The molecule has 13 heavy (non-hydrogen) atoms. The molecule has 0 aromatic rings. The van der Waals surface area contributed by atoms with Crippen LogP contribution in [0.15, 0.2) is 0 Å². The lowest BCUT2D eigenvalue weighted by Crippen LogP contribution is -2.26. The first-order chi connectivity index (χ1) is 6.43. The summed E-state index contributed by atoms with van der Waals surface area (Å²) in [4.78, 5) is 0. The molecule has 0 spiro atoms. The van der Waals surface area contributed by atoms with Crippen molar-refractivity contribution >= 4 is 0 Å². The summed E-state index contributed by atoms with van der Waals surface area (Å²) in [5.74, 6) is 0. The highest BCUT2D eigenvalue weighted by Gasteiger charge is 2.13. The van der Waals surface area contributed by atoms with E-state index in [2.05, 4.69) is 11.4 Å². The van der Waals surface area contributed by atoms with Crippen LogP contribution in [0.25, 0.3) is 0 Å². The Kier molecular flexibility index (Phi) is 5.55. The summed E-state index contributed by atoms with van der Waals surface area (Å²) in [5.41, 5.74) is 0. The summed E-state index contributed by atoms with van der Waals surface area (Å²) in [5, 5.41) is 11.7. The van der Waals surface area contributed by atoms with Crippen molar-refractivity contribution in [3.05, 3.63) is 0 Å². The third-order valence-corrected chi connectivity index (χ3v) is 2.29. The number of hydrogen-bond acceptors (Lipinski definition) is 3. The van der Waals surface area contributed by atoms with Gasteiger partial charge in [-0.3, -0.25) is 0 Å². The smallest absolute Gasteiger partial charge is 0.0700 e. The van der Waals surface area contributed by atoms with E-state index in [9.17, 15) is 0 Å². The molecule has 1 unspecified atom stereocenters. The maximum atomic E-state index is 8.30. The number of ether oxygens (including phenoxy) is 1. The van der Waals surface area contributed by atoms with Crippen LogP contribution >= 0.6 is 0 Å². The number of hydrogen-bond donors (Lipinski definition) is 1. The van der Waals surface area contributed by atoms with Crippen LogP contribution in [-0.2, 0) is 4.74 Å². The van der Waals surface area contributed by atoms with Gasteiger partial charge in [0, 0.05) is 19.6 Å². The number of nitrogens with one attached hydrogen (secondary N) is 1. The lowest BCUT2D eigenvalue weighted by molar-refractivity contribution is 0.110. The maximum Gasteiger partial charge on any atom is 0.0700 e. The van der Waals surface area contributed by atoms with Crippen molar-refractivity contribution in [2.45, 2.75) is 38.2 Å². The average molecular weight is 182 g/mol. The molecule has 0 amide bonds. The molecule has 1 aliphatic rings. The van der Waals surface area contributed by atoms with Gasteiger partial charge in [-0.1, -0.05) is 0 Å². The highest BCUT2D eigenvalue weighted by atomic mass is 16.5. The summed E-state index contributed by atoms with van der Waals surface area (Å²) in [6, 6.07) is 2.15. The highest BCUT2D eigenvalue weighted by molar-refractivity contribution is 4.70. The van der Waals surface area contributed by atoms with E-state index in [4.69, 9.17) is 10.00 Å². The molecule has 0 bridgehead atoms. The lowest BCUT2D eigenvalue weighted by Gasteiger charge is -2.09. The zero-order chi connectivity index (χ0) is 9.36. The zero-order valence-electron chi connectivity index (χ0n) is 8.09. The molecule has 0 aliphatic carbocycles. The number of nitriles is 1. The standard InChI is InChI=1S/C10H18N2O/c11-6-2-1-3-7-12-9-10-5-4-8-13-10/h10,12H,1-5,7-9H2. The Morgan fingerprint density at radius 2 is 2.38 bits per heavy atom. The van der Waals surface area contributed by atoms with Crippen molar-refractivity contribution in [2.24, 2.45) is 0 Å². The van der Waals surface area contributed by atoms with Gasteiger partial charge in [0.25, 0.3) is 0 Å². The van der Waals surface area contributed by atoms with Gasteiger partial charge in [0.05, 0.1) is 12.2 Å². The van der Waals surface area contributed by atoms with Crippen molar-refractivity contribution in [3.8, 4) is 6.07 Å².